The topological polar surface area (TPSA) is 54.9 Å². The number of carbonyl (C=O) groups excluding carboxylic acids is 1. The lowest BCUT2D eigenvalue weighted by molar-refractivity contribution is -0.130. The van der Waals surface area contributed by atoms with Gasteiger partial charge in [0.2, 0.25) is 5.91 Å². The average Bonchev–Trinajstić information content (AvgIpc) is 3.27. The number of aromatic nitrogens is 1. The lowest BCUT2D eigenvalue weighted by Gasteiger charge is -2.36. The summed E-state index contributed by atoms with van der Waals surface area (Å²) in [6, 6.07) is 12.1. The van der Waals surface area contributed by atoms with Crippen molar-refractivity contribution in [2.75, 3.05) is 45.3 Å². The van der Waals surface area contributed by atoms with Gasteiger partial charge in [-0.3, -0.25) is 4.79 Å². The van der Waals surface area contributed by atoms with Crippen LogP contribution >= 0.6 is 11.3 Å². The molecule has 2 aromatic carbocycles. The number of carbonyl (C=O) groups is 1. The molecule has 31 heavy (non-hydrogen) atoms. The van der Waals surface area contributed by atoms with Crippen LogP contribution < -0.4 is 14.4 Å². The van der Waals surface area contributed by atoms with E-state index in [2.05, 4.69) is 9.88 Å². The van der Waals surface area contributed by atoms with Gasteiger partial charge in [-0.25, -0.2) is 9.37 Å². The zero-order valence-corrected chi connectivity index (χ0v) is 18.3. The van der Waals surface area contributed by atoms with Gasteiger partial charge >= 0.3 is 0 Å². The van der Waals surface area contributed by atoms with E-state index in [-0.39, 0.29) is 18.1 Å². The molecule has 1 amide bonds. The molecular weight excluding hydrogens is 417 g/mol. The van der Waals surface area contributed by atoms with Crippen LogP contribution in [0.5, 0.6) is 11.5 Å². The van der Waals surface area contributed by atoms with Crippen molar-refractivity contribution in [3.63, 3.8) is 0 Å². The fourth-order valence-electron chi connectivity index (χ4n) is 3.62. The third kappa shape index (κ3) is 4.80. The molecule has 6 nitrogen and oxygen atoms in total. The molecule has 162 valence electrons. The Labute approximate surface area is 184 Å². The van der Waals surface area contributed by atoms with Crippen molar-refractivity contribution in [2.24, 2.45) is 0 Å². The average molecular weight is 442 g/mol. The number of halogens is 1. The monoisotopic (exact) mass is 441 g/mol. The first kappa shape index (κ1) is 21.1. The smallest absolute Gasteiger partial charge is 0.228 e. The normalized spacial score (nSPS) is 13.9. The zero-order valence-electron chi connectivity index (χ0n) is 17.5. The number of benzene rings is 2. The van der Waals surface area contributed by atoms with Crippen molar-refractivity contribution in [3.8, 4) is 22.1 Å². The van der Waals surface area contributed by atoms with Crippen molar-refractivity contribution in [1.82, 2.24) is 9.88 Å². The molecule has 1 saturated heterocycles. The molecule has 0 spiro atoms. The van der Waals surface area contributed by atoms with Crippen LogP contribution in [0, 0.1) is 5.82 Å². The van der Waals surface area contributed by atoms with Gasteiger partial charge in [0.15, 0.2) is 11.5 Å². The molecule has 0 atom stereocenters. The van der Waals surface area contributed by atoms with Crippen LogP contribution in [0.15, 0.2) is 47.8 Å². The van der Waals surface area contributed by atoms with Crippen molar-refractivity contribution in [1.29, 1.82) is 0 Å². The van der Waals surface area contributed by atoms with Crippen LogP contribution in [0.4, 0.5) is 10.1 Å². The van der Waals surface area contributed by atoms with Crippen molar-refractivity contribution >= 4 is 22.9 Å². The molecule has 0 bridgehead atoms. The first-order valence-corrected chi connectivity index (χ1v) is 10.9. The molecular formula is C23H24FN3O3S. The second-order valence-electron chi connectivity index (χ2n) is 7.23. The molecule has 1 aliphatic rings. The summed E-state index contributed by atoms with van der Waals surface area (Å²) in [7, 11) is 3.20. The summed E-state index contributed by atoms with van der Waals surface area (Å²) < 4.78 is 23.8. The molecule has 0 N–H and O–H groups in total. The van der Waals surface area contributed by atoms with Gasteiger partial charge in [-0.2, -0.15) is 0 Å². The molecule has 1 fully saturated rings. The van der Waals surface area contributed by atoms with E-state index in [1.807, 2.05) is 28.5 Å². The Kier molecular flexibility index (Phi) is 6.36. The number of piperazine rings is 1. The fourth-order valence-corrected chi connectivity index (χ4v) is 4.44. The minimum atomic E-state index is -0.242. The standard InChI is InChI=1S/C23H24FN3O3S/c1-29-20-8-3-16(13-21(20)30-2)23-25-18(15-31-23)14-22(28)27-11-9-26(10-12-27)19-6-4-17(24)5-7-19/h3-8,13,15H,9-12,14H2,1-2H3. The first-order valence-electron chi connectivity index (χ1n) is 10.0. The number of rotatable bonds is 6. The maximum atomic E-state index is 13.1. The van der Waals surface area contributed by atoms with Gasteiger partial charge in [-0.15, -0.1) is 11.3 Å². The maximum absolute atomic E-state index is 13.1. The summed E-state index contributed by atoms with van der Waals surface area (Å²) in [6.07, 6.45) is 0.278. The number of amides is 1. The second kappa shape index (κ2) is 9.34. The van der Waals surface area contributed by atoms with Crippen LogP contribution in [-0.4, -0.2) is 56.2 Å². The van der Waals surface area contributed by atoms with Crippen molar-refractivity contribution < 1.29 is 18.7 Å². The Balaban J connectivity index is 1.36. The number of methoxy groups -OCH3 is 2. The van der Waals surface area contributed by atoms with Gasteiger partial charge in [0.25, 0.3) is 0 Å². The van der Waals surface area contributed by atoms with Gasteiger partial charge in [0.1, 0.15) is 10.8 Å². The molecule has 1 aromatic heterocycles. The Hall–Kier alpha value is -3.13. The highest BCUT2D eigenvalue weighted by Crippen LogP contribution is 2.33. The van der Waals surface area contributed by atoms with Crippen LogP contribution in [0.1, 0.15) is 5.69 Å². The van der Waals surface area contributed by atoms with Crippen LogP contribution in [0.2, 0.25) is 0 Å². The summed E-state index contributed by atoms with van der Waals surface area (Å²) in [4.78, 5) is 21.5. The Morgan fingerprint density at radius 2 is 1.74 bits per heavy atom. The van der Waals surface area contributed by atoms with Crippen LogP contribution in [0.3, 0.4) is 0 Å². The minimum absolute atomic E-state index is 0.0721. The van der Waals surface area contributed by atoms with E-state index in [0.717, 1.165) is 35.0 Å². The maximum Gasteiger partial charge on any atom is 0.228 e. The summed E-state index contributed by atoms with van der Waals surface area (Å²) in [5.41, 5.74) is 2.67. The Bertz CT molecular complexity index is 1050. The SMILES string of the molecule is COc1ccc(-c2nc(CC(=O)N3CCN(c4ccc(F)cc4)CC3)cs2)cc1OC. The number of hydrogen-bond donors (Lipinski definition) is 0. The molecule has 8 heteroatoms. The van der Waals surface area contributed by atoms with Gasteiger partial charge < -0.3 is 19.3 Å². The Morgan fingerprint density at radius 3 is 2.42 bits per heavy atom. The summed E-state index contributed by atoms with van der Waals surface area (Å²) in [6.45, 7) is 2.74. The molecule has 4 rings (SSSR count). The molecule has 0 unspecified atom stereocenters. The lowest BCUT2D eigenvalue weighted by atomic mass is 10.2. The quantitative estimate of drug-likeness (QED) is 0.582. The summed E-state index contributed by atoms with van der Waals surface area (Å²) >= 11 is 1.51. The third-order valence-corrected chi connectivity index (χ3v) is 6.28. The molecule has 1 aliphatic heterocycles. The van der Waals surface area contributed by atoms with Crippen molar-refractivity contribution in [3.05, 3.63) is 59.4 Å². The van der Waals surface area contributed by atoms with E-state index >= 15 is 0 Å². The van der Waals surface area contributed by atoms with Gasteiger partial charge in [-0.05, 0) is 42.5 Å². The van der Waals surface area contributed by atoms with E-state index in [1.54, 1.807) is 26.4 Å². The number of nitrogens with zero attached hydrogens (tertiary/aromatic N) is 3. The first-order chi connectivity index (χ1) is 15.1. The highest BCUT2D eigenvalue weighted by Gasteiger charge is 2.22. The number of anilines is 1. The van der Waals surface area contributed by atoms with E-state index in [4.69, 9.17) is 9.47 Å². The molecule has 0 saturated carbocycles. The highest BCUT2D eigenvalue weighted by molar-refractivity contribution is 7.13. The van der Waals surface area contributed by atoms with Crippen LogP contribution in [0.25, 0.3) is 10.6 Å². The van der Waals surface area contributed by atoms with Gasteiger partial charge in [-0.1, -0.05) is 0 Å². The largest absolute Gasteiger partial charge is 0.493 e. The summed E-state index contributed by atoms with van der Waals surface area (Å²) in [5, 5.41) is 2.77. The fraction of sp³-hybridized carbons (Fsp3) is 0.304. The van der Waals surface area contributed by atoms with Crippen molar-refractivity contribution in [2.45, 2.75) is 6.42 Å². The molecule has 0 aliphatic carbocycles. The predicted molar refractivity (Wildman–Crippen MR) is 120 cm³/mol. The molecule has 0 radical (unpaired) electrons. The Morgan fingerprint density at radius 1 is 1.03 bits per heavy atom. The third-order valence-electron chi connectivity index (χ3n) is 5.34. The van der Waals surface area contributed by atoms with Gasteiger partial charge in [0.05, 0.1) is 26.3 Å². The lowest BCUT2D eigenvalue weighted by Crippen LogP contribution is -2.49. The van der Waals surface area contributed by atoms with E-state index < -0.39 is 0 Å². The number of thiazole rings is 1. The molecule has 2 heterocycles. The number of hydrogen-bond acceptors (Lipinski definition) is 6. The number of ether oxygens (including phenoxy) is 2. The molecule has 3 aromatic rings. The van der Waals surface area contributed by atoms with Gasteiger partial charge in [0, 0.05) is 42.8 Å². The van der Waals surface area contributed by atoms with E-state index in [9.17, 15) is 9.18 Å². The van der Waals surface area contributed by atoms with E-state index in [0.29, 0.717) is 24.6 Å². The minimum Gasteiger partial charge on any atom is -0.493 e. The second-order valence-corrected chi connectivity index (χ2v) is 8.09. The summed E-state index contributed by atoms with van der Waals surface area (Å²) in [5.74, 6) is 1.14. The van der Waals surface area contributed by atoms with E-state index in [1.165, 1.54) is 23.5 Å². The van der Waals surface area contributed by atoms with Crippen LogP contribution in [-0.2, 0) is 11.2 Å². The zero-order chi connectivity index (χ0) is 21.8. The highest BCUT2D eigenvalue weighted by atomic mass is 32.1. The predicted octanol–water partition coefficient (Wildman–Crippen LogP) is 3.86.